The lowest BCUT2D eigenvalue weighted by Crippen LogP contribution is -2.43. The van der Waals surface area contributed by atoms with E-state index in [4.69, 9.17) is 4.74 Å². The van der Waals surface area contributed by atoms with Crippen LogP contribution in [0.25, 0.3) is 11.3 Å². The van der Waals surface area contributed by atoms with Gasteiger partial charge in [-0.2, -0.15) is 5.10 Å². The van der Waals surface area contributed by atoms with E-state index in [0.717, 1.165) is 10.0 Å². The Morgan fingerprint density at radius 3 is 2.72 bits per heavy atom. The Morgan fingerprint density at radius 2 is 1.90 bits per heavy atom. The molecule has 1 unspecified atom stereocenters. The van der Waals surface area contributed by atoms with Crippen LogP contribution >= 0.6 is 15.9 Å². The molecule has 0 saturated carbocycles. The normalized spacial score (nSPS) is 21.4. The molecule has 6 rings (SSSR count). The molecule has 2 aromatic carbocycles. The Bertz CT molecular complexity index is 1260. The molecule has 0 saturated heterocycles. The van der Waals surface area contributed by atoms with Gasteiger partial charge in [0.25, 0.3) is 0 Å². The lowest BCUT2D eigenvalue weighted by atomic mass is 9.67. The molecule has 0 radical (unpaired) electrons. The zero-order chi connectivity index (χ0) is 19.8. The molecule has 7 nitrogen and oxygen atoms in total. The van der Waals surface area contributed by atoms with Gasteiger partial charge >= 0.3 is 5.97 Å². The summed E-state index contributed by atoms with van der Waals surface area (Å²) in [6.07, 6.45) is 0. The highest BCUT2D eigenvalue weighted by Gasteiger charge is 2.61. The molecule has 1 amide bonds. The van der Waals surface area contributed by atoms with Crippen LogP contribution in [0.3, 0.4) is 0 Å². The third-order valence-corrected chi connectivity index (χ3v) is 6.17. The summed E-state index contributed by atoms with van der Waals surface area (Å²) < 4.78 is 6.13. The van der Waals surface area contributed by atoms with Gasteiger partial charge in [-0.25, -0.2) is 4.79 Å². The predicted molar refractivity (Wildman–Crippen MR) is 109 cm³/mol. The summed E-state index contributed by atoms with van der Waals surface area (Å²) in [5.41, 5.74) is 3.07. The van der Waals surface area contributed by atoms with E-state index in [2.05, 4.69) is 36.8 Å². The molecule has 1 spiro atoms. The average molecular weight is 449 g/mol. The summed E-state index contributed by atoms with van der Waals surface area (Å²) >= 11 is 3.51. The molecule has 0 aliphatic carbocycles. The number of rotatable bonds is 1. The number of aromatic amines is 1. The zero-order valence-corrected chi connectivity index (χ0v) is 16.5. The van der Waals surface area contributed by atoms with Crippen molar-refractivity contribution in [1.29, 1.82) is 0 Å². The molecule has 3 aliphatic rings. The minimum atomic E-state index is -1.35. The molecule has 0 fully saturated rings. The van der Waals surface area contributed by atoms with E-state index >= 15 is 0 Å². The van der Waals surface area contributed by atoms with Crippen LogP contribution in [0.2, 0.25) is 0 Å². The summed E-state index contributed by atoms with van der Waals surface area (Å²) in [6, 6.07) is 15.2. The topological polar surface area (TPSA) is 96.1 Å². The average Bonchev–Trinajstić information content (AvgIpc) is 3.39. The van der Waals surface area contributed by atoms with E-state index in [1.165, 1.54) is 0 Å². The highest BCUT2D eigenvalue weighted by molar-refractivity contribution is 9.10. The number of cyclic esters (lactones) is 1. The first-order chi connectivity index (χ1) is 14.1. The van der Waals surface area contributed by atoms with Crippen molar-refractivity contribution in [2.75, 3.05) is 17.2 Å². The van der Waals surface area contributed by atoms with Crippen molar-refractivity contribution in [1.82, 2.24) is 10.2 Å². The first kappa shape index (κ1) is 16.6. The molecule has 4 heterocycles. The summed E-state index contributed by atoms with van der Waals surface area (Å²) in [5, 5.41) is 13.7. The Kier molecular flexibility index (Phi) is 3.18. The number of fused-ring (bicyclic) bond motifs is 5. The van der Waals surface area contributed by atoms with Gasteiger partial charge in [0.1, 0.15) is 12.0 Å². The number of ether oxygens (including phenoxy) is 1. The molecular formula is C21H13BrN4O3. The zero-order valence-electron chi connectivity index (χ0n) is 14.9. The van der Waals surface area contributed by atoms with Crippen LogP contribution in [0.5, 0.6) is 0 Å². The molecule has 142 valence electrons. The van der Waals surface area contributed by atoms with Crippen LogP contribution < -0.4 is 10.6 Å². The maximum atomic E-state index is 13.6. The lowest BCUT2D eigenvalue weighted by molar-refractivity contribution is -0.137. The van der Waals surface area contributed by atoms with Crippen molar-refractivity contribution in [3.8, 4) is 11.3 Å². The molecular weight excluding hydrogens is 436 g/mol. The number of halogens is 1. The molecule has 29 heavy (non-hydrogen) atoms. The van der Waals surface area contributed by atoms with Gasteiger partial charge < -0.3 is 15.4 Å². The van der Waals surface area contributed by atoms with Gasteiger partial charge in [0, 0.05) is 21.3 Å². The Morgan fingerprint density at radius 1 is 1.07 bits per heavy atom. The number of carbonyl (C=O) groups excluding carboxylic acids is 2. The molecule has 0 bridgehead atoms. The van der Waals surface area contributed by atoms with Gasteiger partial charge in [-0.3, -0.25) is 9.89 Å². The first-order valence-corrected chi connectivity index (χ1v) is 9.83. The maximum Gasteiger partial charge on any atom is 0.338 e. The summed E-state index contributed by atoms with van der Waals surface area (Å²) in [7, 11) is 0. The third kappa shape index (κ3) is 1.99. The monoisotopic (exact) mass is 448 g/mol. The Balaban J connectivity index is 1.75. The van der Waals surface area contributed by atoms with Crippen molar-refractivity contribution < 1.29 is 14.3 Å². The number of H-pyrrole nitrogens is 1. The van der Waals surface area contributed by atoms with Crippen LogP contribution in [0.1, 0.15) is 11.1 Å². The molecule has 3 N–H and O–H groups in total. The van der Waals surface area contributed by atoms with Crippen molar-refractivity contribution >= 4 is 39.3 Å². The number of hydrogen-bond donors (Lipinski definition) is 3. The van der Waals surface area contributed by atoms with Crippen molar-refractivity contribution in [2.45, 2.75) is 5.41 Å². The Labute approximate surface area is 173 Å². The fourth-order valence-electron chi connectivity index (χ4n) is 4.53. The quantitative estimate of drug-likeness (QED) is 0.496. The van der Waals surface area contributed by atoms with E-state index in [0.29, 0.717) is 39.6 Å². The number of amides is 1. The molecule has 3 aliphatic heterocycles. The summed E-state index contributed by atoms with van der Waals surface area (Å²) in [4.78, 5) is 26.5. The first-order valence-electron chi connectivity index (χ1n) is 9.04. The van der Waals surface area contributed by atoms with Gasteiger partial charge in [-0.15, -0.1) is 0 Å². The number of anilines is 2. The second kappa shape index (κ2) is 5.57. The van der Waals surface area contributed by atoms with E-state index in [9.17, 15) is 9.59 Å². The Hall–Kier alpha value is -3.39. The maximum absolute atomic E-state index is 13.6. The fourth-order valence-corrected chi connectivity index (χ4v) is 4.89. The van der Waals surface area contributed by atoms with Gasteiger partial charge in [0.05, 0.1) is 17.0 Å². The molecule has 8 heteroatoms. The highest BCUT2D eigenvalue weighted by atomic mass is 79.9. The van der Waals surface area contributed by atoms with Crippen molar-refractivity contribution in [3.63, 3.8) is 0 Å². The van der Waals surface area contributed by atoms with Gasteiger partial charge in [-0.05, 0) is 23.8 Å². The SMILES string of the molecule is O=C1OCC2=C1C1(C(=O)Nc3ccc(Br)cc31)c1c(n[nH]c1-c1ccccc1)N2. The van der Waals surface area contributed by atoms with Gasteiger partial charge in [-0.1, -0.05) is 46.3 Å². The smallest absolute Gasteiger partial charge is 0.338 e. The second-order valence-electron chi connectivity index (χ2n) is 7.14. The van der Waals surface area contributed by atoms with E-state index < -0.39 is 11.4 Å². The van der Waals surface area contributed by atoms with Crippen LogP contribution in [-0.2, 0) is 19.7 Å². The summed E-state index contributed by atoms with van der Waals surface area (Å²) in [6.45, 7) is 0.0828. The van der Waals surface area contributed by atoms with Gasteiger partial charge in [0.15, 0.2) is 5.82 Å². The largest absolute Gasteiger partial charge is 0.456 e. The number of carbonyl (C=O) groups is 2. The fraction of sp³-hybridized carbons (Fsp3) is 0.0952. The molecule has 1 atom stereocenters. The van der Waals surface area contributed by atoms with Crippen LogP contribution in [0.15, 0.2) is 64.3 Å². The third-order valence-electron chi connectivity index (χ3n) is 5.68. The second-order valence-corrected chi connectivity index (χ2v) is 8.05. The lowest BCUT2D eigenvalue weighted by Gasteiger charge is -2.32. The number of esters is 1. The number of nitrogens with one attached hydrogen (secondary N) is 3. The minimum absolute atomic E-state index is 0.0828. The molecule has 1 aromatic heterocycles. The summed E-state index contributed by atoms with van der Waals surface area (Å²) in [5.74, 6) is -0.275. The number of hydrogen-bond acceptors (Lipinski definition) is 5. The number of nitrogens with zero attached hydrogens (tertiary/aromatic N) is 1. The number of aromatic nitrogens is 2. The van der Waals surface area contributed by atoms with E-state index in [1.54, 1.807) is 0 Å². The predicted octanol–water partition coefficient (Wildman–Crippen LogP) is 3.31. The van der Waals surface area contributed by atoms with Crippen molar-refractivity contribution in [3.05, 3.63) is 75.4 Å². The van der Waals surface area contributed by atoms with E-state index in [-0.39, 0.29) is 12.5 Å². The standard InChI is InChI=1S/C21H13BrN4O3/c22-11-6-7-13-12(8-11)21(20(28)24-13)15-14(9-29-19(15)27)23-18-16(21)17(25-26-18)10-4-2-1-3-5-10/h1-8H,9H2,(H,24,28)(H2,23,25,26). The van der Waals surface area contributed by atoms with Crippen LogP contribution in [0.4, 0.5) is 11.5 Å². The van der Waals surface area contributed by atoms with Gasteiger partial charge in [0.2, 0.25) is 5.91 Å². The van der Waals surface area contributed by atoms with Crippen molar-refractivity contribution in [2.24, 2.45) is 0 Å². The molecule has 3 aromatic rings. The highest BCUT2D eigenvalue weighted by Crippen LogP contribution is 2.56. The number of benzene rings is 2. The van der Waals surface area contributed by atoms with Crippen LogP contribution in [0, 0.1) is 0 Å². The minimum Gasteiger partial charge on any atom is -0.456 e. The van der Waals surface area contributed by atoms with Crippen LogP contribution in [-0.4, -0.2) is 28.7 Å². The van der Waals surface area contributed by atoms with E-state index in [1.807, 2.05) is 48.5 Å².